The summed E-state index contributed by atoms with van der Waals surface area (Å²) in [5.41, 5.74) is 8.89. The second kappa shape index (κ2) is 6.57. The van der Waals surface area contributed by atoms with Gasteiger partial charge in [0, 0.05) is 17.5 Å². The highest BCUT2D eigenvalue weighted by Gasteiger charge is 2.35. The topological polar surface area (TPSA) is 61.2 Å². The standard InChI is InChI=1S/C17H15F3N4O/c1-24-10-11(9-22-23-21)25-16-13(6-4-8-15(16)24)12-5-2-3-7-14(12)17(18,19)20/h2-8,11H,9-10H2,1H3. The van der Waals surface area contributed by atoms with Crippen molar-refractivity contribution >= 4 is 5.69 Å². The molecule has 1 atom stereocenters. The molecule has 0 amide bonds. The maximum Gasteiger partial charge on any atom is 0.417 e. The van der Waals surface area contributed by atoms with E-state index in [0.29, 0.717) is 23.5 Å². The predicted octanol–water partition coefficient (Wildman–Crippen LogP) is 4.88. The fraction of sp³-hybridized carbons (Fsp3) is 0.294. The number of ether oxygens (including phenoxy) is 1. The fourth-order valence-corrected chi connectivity index (χ4v) is 2.96. The number of nitrogens with zero attached hydrogens (tertiary/aromatic N) is 4. The van der Waals surface area contributed by atoms with E-state index in [1.54, 1.807) is 24.3 Å². The van der Waals surface area contributed by atoms with Crippen molar-refractivity contribution in [3.05, 3.63) is 58.5 Å². The van der Waals surface area contributed by atoms with Gasteiger partial charge in [-0.15, -0.1) is 0 Å². The molecule has 0 saturated heterocycles. The van der Waals surface area contributed by atoms with E-state index in [2.05, 4.69) is 10.0 Å². The quantitative estimate of drug-likeness (QED) is 0.451. The number of azide groups is 1. The van der Waals surface area contributed by atoms with Gasteiger partial charge in [0.2, 0.25) is 0 Å². The molecule has 130 valence electrons. The van der Waals surface area contributed by atoms with Gasteiger partial charge in [-0.25, -0.2) is 0 Å². The Hall–Kier alpha value is -2.86. The summed E-state index contributed by atoms with van der Waals surface area (Å²) < 4.78 is 46.0. The molecule has 0 N–H and O–H groups in total. The summed E-state index contributed by atoms with van der Waals surface area (Å²) in [4.78, 5) is 4.60. The summed E-state index contributed by atoms with van der Waals surface area (Å²) in [6.07, 6.45) is -4.89. The molecule has 0 aromatic heterocycles. The van der Waals surface area contributed by atoms with Crippen molar-refractivity contribution in [1.82, 2.24) is 0 Å². The zero-order valence-corrected chi connectivity index (χ0v) is 13.4. The van der Waals surface area contributed by atoms with Crippen molar-refractivity contribution < 1.29 is 17.9 Å². The lowest BCUT2D eigenvalue weighted by Crippen LogP contribution is -2.39. The number of benzene rings is 2. The van der Waals surface area contributed by atoms with E-state index in [1.165, 1.54) is 12.1 Å². The van der Waals surface area contributed by atoms with Gasteiger partial charge in [0.15, 0.2) is 5.75 Å². The summed E-state index contributed by atoms with van der Waals surface area (Å²) in [6, 6.07) is 10.5. The molecule has 5 nitrogen and oxygen atoms in total. The van der Waals surface area contributed by atoms with E-state index in [0.717, 1.165) is 6.07 Å². The lowest BCUT2D eigenvalue weighted by molar-refractivity contribution is -0.137. The minimum atomic E-state index is -4.47. The van der Waals surface area contributed by atoms with E-state index in [9.17, 15) is 13.2 Å². The van der Waals surface area contributed by atoms with Crippen molar-refractivity contribution in [1.29, 1.82) is 0 Å². The Bertz CT molecular complexity index is 831. The van der Waals surface area contributed by atoms with Crippen LogP contribution in [0, 0.1) is 0 Å². The molecule has 0 saturated carbocycles. The first-order chi connectivity index (χ1) is 11.9. The number of hydrogen-bond acceptors (Lipinski definition) is 3. The lowest BCUT2D eigenvalue weighted by Gasteiger charge is -2.34. The Balaban J connectivity index is 2.12. The van der Waals surface area contributed by atoms with Gasteiger partial charge in [-0.05, 0) is 23.2 Å². The van der Waals surface area contributed by atoms with E-state index < -0.39 is 17.8 Å². The Morgan fingerprint density at radius 3 is 2.64 bits per heavy atom. The van der Waals surface area contributed by atoms with Gasteiger partial charge >= 0.3 is 6.18 Å². The van der Waals surface area contributed by atoms with Crippen LogP contribution in [0.1, 0.15) is 5.56 Å². The number of hydrogen-bond donors (Lipinski definition) is 0. The number of alkyl halides is 3. The van der Waals surface area contributed by atoms with Gasteiger partial charge in [-0.2, -0.15) is 13.2 Å². The Morgan fingerprint density at radius 1 is 1.20 bits per heavy atom. The van der Waals surface area contributed by atoms with Crippen LogP contribution in [0.15, 0.2) is 47.6 Å². The van der Waals surface area contributed by atoms with Crippen LogP contribution >= 0.6 is 0 Å². The second-order valence-electron chi connectivity index (χ2n) is 5.73. The third-order valence-corrected chi connectivity index (χ3v) is 4.04. The second-order valence-corrected chi connectivity index (χ2v) is 5.73. The summed E-state index contributed by atoms with van der Waals surface area (Å²) in [5, 5.41) is 3.51. The minimum Gasteiger partial charge on any atom is -0.486 e. The Kier molecular flexibility index (Phi) is 4.46. The number of likely N-dealkylation sites (N-methyl/N-ethyl adjacent to an activating group) is 1. The number of para-hydroxylation sites is 1. The molecule has 1 unspecified atom stereocenters. The average Bonchev–Trinajstić information content (AvgIpc) is 2.59. The first kappa shape index (κ1) is 17.0. The summed E-state index contributed by atoms with van der Waals surface area (Å²) >= 11 is 0. The molecule has 0 bridgehead atoms. The molecule has 0 radical (unpaired) electrons. The van der Waals surface area contributed by atoms with E-state index >= 15 is 0 Å². The molecule has 25 heavy (non-hydrogen) atoms. The molecule has 8 heteroatoms. The number of rotatable bonds is 3. The molecule has 3 rings (SSSR count). The molecule has 2 aromatic carbocycles. The molecule has 2 aromatic rings. The summed E-state index contributed by atoms with van der Waals surface area (Å²) in [6.45, 7) is 0.589. The molecule has 1 aliphatic rings. The Morgan fingerprint density at radius 2 is 1.92 bits per heavy atom. The van der Waals surface area contributed by atoms with Crippen LogP contribution in [0.4, 0.5) is 18.9 Å². The fourth-order valence-electron chi connectivity index (χ4n) is 2.96. The summed E-state index contributed by atoms with van der Waals surface area (Å²) in [5.74, 6) is 0.367. The van der Waals surface area contributed by atoms with Crippen molar-refractivity contribution in [2.24, 2.45) is 5.11 Å². The number of halogens is 3. The van der Waals surface area contributed by atoms with Gasteiger partial charge in [-0.3, -0.25) is 0 Å². The van der Waals surface area contributed by atoms with Crippen molar-refractivity contribution in [2.75, 3.05) is 25.0 Å². The van der Waals surface area contributed by atoms with Gasteiger partial charge in [0.05, 0.1) is 24.3 Å². The van der Waals surface area contributed by atoms with Gasteiger partial charge in [0.25, 0.3) is 0 Å². The molecular weight excluding hydrogens is 333 g/mol. The van der Waals surface area contributed by atoms with Crippen LogP contribution in [0.5, 0.6) is 5.75 Å². The number of anilines is 1. The van der Waals surface area contributed by atoms with Crippen LogP contribution in [0.3, 0.4) is 0 Å². The monoisotopic (exact) mass is 348 g/mol. The smallest absolute Gasteiger partial charge is 0.417 e. The summed E-state index contributed by atoms with van der Waals surface area (Å²) in [7, 11) is 1.82. The maximum atomic E-state index is 13.4. The molecule has 0 fully saturated rings. The van der Waals surface area contributed by atoms with E-state index in [1.807, 2.05) is 11.9 Å². The largest absolute Gasteiger partial charge is 0.486 e. The highest BCUT2D eigenvalue weighted by atomic mass is 19.4. The van der Waals surface area contributed by atoms with Gasteiger partial charge < -0.3 is 9.64 Å². The SMILES string of the molecule is CN1CC(CN=[N+]=[N-])Oc2c(-c3ccccc3C(F)(F)F)cccc21. The molecular formula is C17H15F3N4O. The van der Waals surface area contributed by atoms with Gasteiger partial charge in [0.1, 0.15) is 6.10 Å². The lowest BCUT2D eigenvalue weighted by atomic mass is 9.97. The van der Waals surface area contributed by atoms with Crippen LogP contribution in [-0.2, 0) is 6.18 Å². The van der Waals surface area contributed by atoms with Crippen molar-refractivity contribution in [3.8, 4) is 16.9 Å². The zero-order valence-electron chi connectivity index (χ0n) is 13.4. The first-order valence-electron chi connectivity index (χ1n) is 7.60. The Labute approximate surface area is 142 Å². The van der Waals surface area contributed by atoms with Crippen molar-refractivity contribution in [3.63, 3.8) is 0 Å². The zero-order chi connectivity index (χ0) is 18.0. The highest BCUT2D eigenvalue weighted by molar-refractivity contribution is 5.81. The third kappa shape index (κ3) is 3.34. The maximum absolute atomic E-state index is 13.4. The third-order valence-electron chi connectivity index (χ3n) is 4.04. The molecule has 0 aliphatic carbocycles. The minimum absolute atomic E-state index is 0.0599. The normalized spacial score (nSPS) is 16.6. The van der Waals surface area contributed by atoms with Crippen LogP contribution in [0.25, 0.3) is 21.6 Å². The molecule has 1 aliphatic heterocycles. The predicted molar refractivity (Wildman–Crippen MR) is 88.6 cm³/mol. The first-order valence-corrected chi connectivity index (χ1v) is 7.60. The average molecular weight is 348 g/mol. The van der Waals surface area contributed by atoms with Gasteiger partial charge in [-0.1, -0.05) is 35.4 Å². The highest BCUT2D eigenvalue weighted by Crippen LogP contribution is 2.45. The van der Waals surface area contributed by atoms with Crippen LogP contribution < -0.4 is 9.64 Å². The van der Waals surface area contributed by atoms with Crippen LogP contribution in [-0.4, -0.2) is 26.2 Å². The van der Waals surface area contributed by atoms with E-state index in [-0.39, 0.29) is 12.1 Å². The molecule has 0 spiro atoms. The molecule has 1 heterocycles. The van der Waals surface area contributed by atoms with Crippen LogP contribution in [0.2, 0.25) is 0 Å². The number of fused-ring (bicyclic) bond motifs is 1. The van der Waals surface area contributed by atoms with Crippen molar-refractivity contribution in [2.45, 2.75) is 12.3 Å². The van der Waals surface area contributed by atoms with E-state index in [4.69, 9.17) is 10.3 Å².